The van der Waals surface area contributed by atoms with Crippen LogP contribution in [-0.4, -0.2) is 60.5 Å². The van der Waals surface area contributed by atoms with Crippen molar-refractivity contribution in [3.8, 4) is 5.75 Å². The Morgan fingerprint density at radius 2 is 2.07 bits per heavy atom. The summed E-state index contributed by atoms with van der Waals surface area (Å²) in [6, 6.07) is 6.76. The third kappa shape index (κ3) is 4.02. The van der Waals surface area contributed by atoms with Crippen molar-refractivity contribution >= 4 is 17.7 Å². The molecule has 1 aliphatic carbocycles. The molecule has 2 fully saturated rings. The highest BCUT2D eigenvalue weighted by atomic mass is 19.1. The molecular formula is C21H25FN4O4. The van der Waals surface area contributed by atoms with Crippen molar-refractivity contribution < 1.29 is 23.8 Å². The Morgan fingerprint density at radius 1 is 1.30 bits per heavy atom. The van der Waals surface area contributed by atoms with E-state index in [4.69, 9.17) is 9.47 Å². The highest BCUT2D eigenvalue weighted by Crippen LogP contribution is 2.39. The number of hydrogen-bond donors (Lipinski definition) is 2. The van der Waals surface area contributed by atoms with E-state index in [1.165, 1.54) is 13.3 Å². The zero-order valence-electron chi connectivity index (χ0n) is 16.9. The average Bonchev–Trinajstić information content (AvgIpc) is 3.16. The first kappa shape index (κ1) is 20.3. The van der Waals surface area contributed by atoms with Crippen LogP contribution in [0.3, 0.4) is 0 Å². The average molecular weight is 416 g/mol. The van der Waals surface area contributed by atoms with Gasteiger partial charge < -0.3 is 24.8 Å². The number of nitrogens with zero attached hydrogens (tertiary/aromatic N) is 3. The van der Waals surface area contributed by atoms with Gasteiger partial charge in [-0.05, 0) is 42.9 Å². The maximum atomic E-state index is 13.7. The summed E-state index contributed by atoms with van der Waals surface area (Å²) in [4.78, 5) is 22.2. The summed E-state index contributed by atoms with van der Waals surface area (Å²) in [5.74, 6) is 0.833. The fourth-order valence-corrected chi connectivity index (χ4v) is 4.35. The molecule has 2 N–H and O–H groups in total. The van der Waals surface area contributed by atoms with E-state index in [9.17, 15) is 14.3 Å². The normalized spacial score (nSPS) is 25.5. The van der Waals surface area contributed by atoms with Gasteiger partial charge in [0.2, 0.25) is 5.95 Å². The largest absolute Gasteiger partial charge is 0.488 e. The molecule has 1 aromatic carbocycles. The van der Waals surface area contributed by atoms with Gasteiger partial charge in [0.25, 0.3) is 0 Å². The Kier molecular flexibility index (Phi) is 5.72. The van der Waals surface area contributed by atoms with E-state index in [0.717, 1.165) is 0 Å². The molecule has 0 amide bonds. The number of aliphatic hydroxyl groups excluding tert-OH is 1. The van der Waals surface area contributed by atoms with E-state index in [1.54, 1.807) is 31.3 Å². The number of halogens is 1. The van der Waals surface area contributed by atoms with Crippen LogP contribution in [0.25, 0.3) is 0 Å². The Hall–Kier alpha value is -2.94. The molecule has 1 aliphatic heterocycles. The lowest BCUT2D eigenvalue weighted by atomic mass is 9.78. The van der Waals surface area contributed by atoms with Crippen molar-refractivity contribution in [1.82, 2.24) is 9.97 Å². The fraction of sp³-hybridized carbons (Fsp3) is 0.476. The van der Waals surface area contributed by atoms with E-state index in [-0.39, 0.29) is 17.8 Å². The fourth-order valence-electron chi connectivity index (χ4n) is 4.35. The molecule has 9 heteroatoms. The molecule has 30 heavy (non-hydrogen) atoms. The first-order valence-electron chi connectivity index (χ1n) is 9.96. The quantitative estimate of drug-likeness (QED) is 0.716. The van der Waals surface area contributed by atoms with Gasteiger partial charge in [-0.3, -0.25) is 0 Å². The summed E-state index contributed by atoms with van der Waals surface area (Å²) in [5.41, 5.74) is 0.402. The first-order chi connectivity index (χ1) is 14.5. The van der Waals surface area contributed by atoms with Crippen LogP contribution in [0.15, 0.2) is 30.5 Å². The number of esters is 1. The lowest BCUT2D eigenvalue weighted by molar-refractivity contribution is -0.0231. The van der Waals surface area contributed by atoms with E-state index < -0.39 is 17.9 Å². The molecule has 2 aliphatic rings. The third-order valence-electron chi connectivity index (χ3n) is 5.88. The minimum Gasteiger partial charge on any atom is -0.488 e. The number of fused-ring (bicyclic) bond motifs is 1. The third-order valence-corrected chi connectivity index (χ3v) is 5.88. The van der Waals surface area contributed by atoms with Gasteiger partial charge in [0.15, 0.2) is 11.6 Å². The standard InChI is InChI=1S/C21H25FN4O4/c1-23-19-16(22)9-24-21(25-19)26-10-13-7-17(27)18(8-14(13)11-26)30-15-5-3-4-12(6-15)20(28)29-2/h3-6,9,13-14,17-18,27H,7-8,10-11H2,1-2H3,(H,23,24,25)/t13-,14+,17+,18+/m0/s1. The lowest BCUT2D eigenvalue weighted by Crippen LogP contribution is -2.42. The number of ether oxygens (including phenoxy) is 2. The second-order valence-corrected chi connectivity index (χ2v) is 7.76. The summed E-state index contributed by atoms with van der Waals surface area (Å²) >= 11 is 0. The minimum absolute atomic E-state index is 0.168. The molecule has 1 saturated heterocycles. The first-order valence-corrected chi connectivity index (χ1v) is 9.96. The monoisotopic (exact) mass is 416 g/mol. The molecular weight excluding hydrogens is 391 g/mol. The molecule has 2 heterocycles. The Bertz CT molecular complexity index is 928. The molecule has 4 rings (SSSR count). The number of nitrogens with one attached hydrogen (secondary N) is 1. The minimum atomic E-state index is -0.616. The zero-order chi connectivity index (χ0) is 21.3. The highest BCUT2D eigenvalue weighted by Gasteiger charge is 2.43. The van der Waals surface area contributed by atoms with Gasteiger partial charge in [-0.15, -0.1) is 0 Å². The van der Waals surface area contributed by atoms with Crippen LogP contribution in [0.4, 0.5) is 16.2 Å². The summed E-state index contributed by atoms with van der Waals surface area (Å²) in [7, 11) is 2.95. The Labute approximate surface area is 174 Å². The van der Waals surface area contributed by atoms with Crippen molar-refractivity contribution in [2.45, 2.75) is 25.0 Å². The van der Waals surface area contributed by atoms with Crippen molar-refractivity contribution in [1.29, 1.82) is 0 Å². The number of benzene rings is 1. The van der Waals surface area contributed by atoms with Gasteiger partial charge >= 0.3 is 5.97 Å². The van der Waals surface area contributed by atoms with Crippen LogP contribution >= 0.6 is 0 Å². The Balaban J connectivity index is 1.44. The molecule has 0 spiro atoms. The number of hydrogen-bond acceptors (Lipinski definition) is 8. The van der Waals surface area contributed by atoms with Crippen molar-refractivity contribution in [3.05, 3.63) is 41.8 Å². The number of aromatic nitrogens is 2. The molecule has 1 saturated carbocycles. The van der Waals surface area contributed by atoms with Gasteiger partial charge in [-0.25, -0.2) is 14.2 Å². The van der Waals surface area contributed by atoms with Crippen LogP contribution in [0.2, 0.25) is 0 Å². The molecule has 160 valence electrons. The summed E-state index contributed by atoms with van der Waals surface area (Å²) < 4.78 is 24.5. The molecule has 4 atom stereocenters. The predicted octanol–water partition coefficient (Wildman–Crippen LogP) is 2.10. The van der Waals surface area contributed by atoms with Crippen molar-refractivity contribution in [2.24, 2.45) is 11.8 Å². The van der Waals surface area contributed by atoms with Gasteiger partial charge in [-0.1, -0.05) is 6.07 Å². The lowest BCUT2D eigenvalue weighted by Gasteiger charge is -2.35. The number of carbonyl (C=O) groups excluding carboxylic acids is 1. The molecule has 2 aromatic rings. The highest BCUT2D eigenvalue weighted by molar-refractivity contribution is 5.89. The molecule has 0 unspecified atom stereocenters. The molecule has 8 nitrogen and oxygen atoms in total. The number of methoxy groups -OCH3 is 1. The molecule has 0 radical (unpaired) electrons. The zero-order valence-corrected chi connectivity index (χ0v) is 16.9. The maximum absolute atomic E-state index is 13.7. The van der Waals surface area contributed by atoms with E-state index >= 15 is 0 Å². The van der Waals surface area contributed by atoms with Gasteiger partial charge in [0.05, 0.1) is 25.0 Å². The van der Waals surface area contributed by atoms with Gasteiger partial charge in [0, 0.05) is 20.1 Å². The number of anilines is 2. The van der Waals surface area contributed by atoms with Crippen LogP contribution in [0.5, 0.6) is 5.75 Å². The second-order valence-electron chi connectivity index (χ2n) is 7.76. The second kappa shape index (κ2) is 8.43. The maximum Gasteiger partial charge on any atom is 0.337 e. The summed E-state index contributed by atoms with van der Waals surface area (Å²) in [5, 5.41) is 13.4. The van der Waals surface area contributed by atoms with Crippen LogP contribution in [0.1, 0.15) is 23.2 Å². The topological polar surface area (TPSA) is 96.8 Å². The van der Waals surface area contributed by atoms with Crippen LogP contribution in [-0.2, 0) is 4.74 Å². The van der Waals surface area contributed by atoms with Crippen molar-refractivity contribution in [3.63, 3.8) is 0 Å². The number of carbonyl (C=O) groups is 1. The smallest absolute Gasteiger partial charge is 0.337 e. The van der Waals surface area contributed by atoms with Gasteiger partial charge in [-0.2, -0.15) is 4.98 Å². The summed E-state index contributed by atoms with van der Waals surface area (Å²) in [6.07, 6.45) is 1.45. The Morgan fingerprint density at radius 3 is 2.80 bits per heavy atom. The van der Waals surface area contributed by atoms with Crippen LogP contribution < -0.4 is 15.0 Å². The van der Waals surface area contributed by atoms with E-state index in [1.807, 2.05) is 4.90 Å². The van der Waals surface area contributed by atoms with E-state index in [2.05, 4.69) is 15.3 Å². The molecule has 1 aromatic heterocycles. The summed E-state index contributed by atoms with van der Waals surface area (Å²) in [6.45, 7) is 1.43. The number of aliphatic hydroxyl groups is 1. The molecule has 0 bridgehead atoms. The van der Waals surface area contributed by atoms with Crippen molar-refractivity contribution in [2.75, 3.05) is 37.5 Å². The number of rotatable bonds is 5. The van der Waals surface area contributed by atoms with E-state index in [0.29, 0.717) is 49.1 Å². The predicted molar refractivity (Wildman–Crippen MR) is 108 cm³/mol. The van der Waals surface area contributed by atoms with Crippen LogP contribution in [0, 0.1) is 17.7 Å². The SMILES string of the molecule is CNc1nc(N2C[C@H]3C[C@@H](Oc4cccc(C(=O)OC)c4)[C@H](O)C[C@H]3C2)ncc1F. The van der Waals surface area contributed by atoms with Gasteiger partial charge in [0.1, 0.15) is 11.9 Å².